The highest BCUT2D eigenvalue weighted by atomic mass is 79.9. The molecule has 160 valence electrons. The van der Waals surface area contributed by atoms with Crippen molar-refractivity contribution in [2.75, 3.05) is 4.90 Å². The Morgan fingerprint density at radius 3 is 2.00 bits per heavy atom. The zero-order valence-corrected chi connectivity index (χ0v) is 19.1. The third-order valence-electron chi connectivity index (χ3n) is 5.60. The molecule has 0 aromatic heterocycles. The molecule has 0 heterocycles. The van der Waals surface area contributed by atoms with Gasteiger partial charge in [-0.25, -0.2) is 0 Å². The van der Waals surface area contributed by atoms with Gasteiger partial charge in [0.25, 0.3) is 5.69 Å². The quantitative estimate of drug-likeness (QED) is 0.181. The predicted molar refractivity (Wildman–Crippen MR) is 138 cm³/mol. The summed E-state index contributed by atoms with van der Waals surface area (Å²) in [5.74, 6) is 0. The maximum atomic E-state index is 11.6. The lowest BCUT2D eigenvalue weighted by Gasteiger charge is -2.26. The van der Waals surface area contributed by atoms with Crippen molar-refractivity contribution >= 4 is 49.5 Å². The van der Waals surface area contributed by atoms with Crippen LogP contribution in [-0.2, 0) is 0 Å². The Balaban J connectivity index is 1.60. The first-order valence-electron chi connectivity index (χ1n) is 10.5. The zero-order valence-electron chi connectivity index (χ0n) is 17.6. The average Bonchev–Trinajstić information content (AvgIpc) is 2.85. The van der Waals surface area contributed by atoms with Gasteiger partial charge in [-0.05, 0) is 64.9 Å². The largest absolute Gasteiger partial charge is 0.310 e. The first kappa shape index (κ1) is 20.9. The second-order valence-electron chi connectivity index (χ2n) is 7.67. The summed E-state index contributed by atoms with van der Waals surface area (Å²) < 4.78 is 0.682. The topological polar surface area (TPSA) is 46.4 Å². The molecule has 4 nitrogen and oxygen atoms in total. The van der Waals surface area contributed by atoms with E-state index in [0.29, 0.717) is 10.0 Å². The van der Waals surface area contributed by atoms with Gasteiger partial charge in [-0.15, -0.1) is 0 Å². The summed E-state index contributed by atoms with van der Waals surface area (Å²) in [7, 11) is 0. The number of para-hydroxylation sites is 1. The average molecular weight is 495 g/mol. The van der Waals surface area contributed by atoms with Gasteiger partial charge in [0.05, 0.1) is 10.5 Å². The molecule has 5 rings (SSSR count). The zero-order chi connectivity index (χ0) is 22.8. The number of nitro groups is 1. The third kappa shape index (κ3) is 4.23. The lowest BCUT2D eigenvalue weighted by atomic mass is 10.0. The van der Waals surface area contributed by atoms with E-state index >= 15 is 0 Å². The molecule has 0 atom stereocenters. The second kappa shape index (κ2) is 8.88. The Morgan fingerprint density at radius 2 is 1.27 bits per heavy atom. The molecule has 5 heteroatoms. The number of hydrogen-bond acceptors (Lipinski definition) is 3. The van der Waals surface area contributed by atoms with Crippen LogP contribution >= 0.6 is 15.9 Å². The lowest BCUT2D eigenvalue weighted by Crippen LogP contribution is -2.09. The number of benzene rings is 5. The van der Waals surface area contributed by atoms with Gasteiger partial charge < -0.3 is 4.90 Å². The molecule has 0 aliphatic carbocycles. The molecule has 5 aromatic carbocycles. The molecular weight excluding hydrogens is 476 g/mol. The molecule has 33 heavy (non-hydrogen) atoms. The lowest BCUT2D eigenvalue weighted by molar-refractivity contribution is -0.384. The van der Waals surface area contributed by atoms with E-state index < -0.39 is 0 Å². The van der Waals surface area contributed by atoms with Crippen molar-refractivity contribution in [3.8, 4) is 11.1 Å². The normalized spacial score (nSPS) is 10.8. The number of hydrogen-bond donors (Lipinski definition) is 0. The highest BCUT2D eigenvalue weighted by molar-refractivity contribution is 9.10. The Bertz CT molecular complexity index is 1450. The minimum Gasteiger partial charge on any atom is -0.310 e. The van der Waals surface area contributed by atoms with Crippen molar-refractivity contribution < 1.29 is 4.92 Å². The summed E-state index contributed by atoms with van der Waals surface area (Å²) in [6.45, 7) is 0. The Morgan fingerprint density at radius 1 is 0.636 bits per heavy atom. The standard InChI is InChI=1S/C28H19BrN2O2/c29-23-13-17-27(28(19-23)31(32)33)21-11-14-25(15-12-21)30(24-8-2-1-3-9-24)26-16-10-20-6-4-5-7-22(20)18-26/h1-19H. The Labute approximate surface area is 200 Å². The van der Waals surface area contributed by atoms with E-state index in [1.807, 2.05) is 60.7 Å². The molecule has 0 unspecified atom stereocenters. The molecule has 0 saturated heterocycles. The van der Waals surface area contributed by atoms with E-state index in [2.05, 4.69) is 63.3 Å². The van der Waals surface area contributed by atoms with E-state index in [9.17, 15) is 10.1 Å². The van der Waals surface area contributed by atoms with Gasteiger partial charge in [-0.2, -0.15) is 0 Å². The van der Waals surface area contributed by atoms with E-state index in [1.165, 1.54) is 11.5 Å². The molecule has 5 aromatic rings. The summed E-state index contributed by atoms with van der Waals surface area (Å²) in [6, 6.07) is 37.9. The molecule has 0 aliphatic rings. The SMILES string of the molecule is O=[N+]([O-])c1cc(Br)ccc1-c1ccc(N(c2ccccc2)c2ccc3ccccc3c2)cc1. The van der Waals surface area contributed by atoms with Gasteiger partial charge >= 0.3 is 0 Å². The molecule has 0 bridgehead atoms. The van der Waals surface area contributed by atoms with Crippen molar-refractivity contribution in [3.63, 3.8) is 0 Å². The van der Waals surface area contributed by atoms with Crippen LogP contribution in [0, 0.1) is 10.1 Å². The van der Waals surface area contributed by atoms with Crippen LogP contribution in [0.4, 0.5) is 22.7 Å². The van der Waals surface area contributed by atoms with Crippen molar-refractivity contribution in [2.45, 2.75) is 0 Å². The predicted octanol–water partition coefficient (Wildman–Crippen LogP) is 8.65. The summed E-state index contributed by atoms with van der Waals surface area (Å²) in [5, 5.41) is 13.9. The number of fused-ring (bicyclic) bond motifs is 1. The van der Waals surface area contributed by atoms with Crippen LogP contribution in [0.2, 0.25) is 0 Å². The number of anilines is 3. The van der Waals surface area contributed by atoms with Crippen LogP contribution < -0.4 is 4.90 Å². The van der Waals surface area contributed by atoms with Crippen molar-refractivity contribution in [3.05, 3.63) is 130 Å². The summed E-state index contributed by atoms with van der Waals surface area (Å²) in [5.41, 5.74) is 4.51. The number of rotatable bonds is 5. The fraction of sp³-hybridized carbons (Fsp3) is 0. The van der Waals surface area contributed by atoms with Gasteiger partial charge in [-0.3, -0.25) is 10.1 Å². The first-order valence-corrected chi connectivity index (χ1v) is 11.3. The van der Waals surface area contributed by atoms with E-state index in [0.717, 1.165) is 28.0 Å². The van der Waals surface area contributed by atoms with E-state index in [4.69, 9.17) is 0 Å². The molecule has 0 fully saturated rings. The maximum absolute atomic E-state index is 11.6. The van der Waals surface area contributed by atoms with Crippen molar-refractivity contribution in [1.82, 2.24) is 0 Å². The molecule has 0 radical (unpaired) electrons. The van der Waals surface area contributed by atoms with Crippen LogP contribution in [-0.4, -0.2) is 4.92 Å². The van der Waals surface area contributed by atoms with Gasteiger partial charge in [0.1, 0.15) is 0 Å². The maximum Gasteiger partial charge on any atom is 0.278 e. The number of halogens is 1. The van der Waals surface area contributed by atoms with Crippen molar-refractivity contribution in [1.29, 1.82) is 0 Å². The molecular formula is C28H19BrN2O2. The Kier molecular flexibility index (Phi) is 5.63. The monoisotopic (exact) mass is 494 g/mol. The van der Waals surface area contributed by atoms with E-state index in [1.54, 1.807) is 6.07 Å². The number of nitro benzene ring substituents is 1. The molecule has 0 saturated carbocycles. The Hall–Kier alpha value is -3.96. The number of nitrogens with zero attached hydrogens (tertiary/aromatic N) is 2. The first-order chi connectivity index (χ1) is 16.1. The summed E-state index contributed by atoms with van der Waals surface area (Å²) >= 11 is 3.33. The van der Waals surface area contributed by atoms with Crippen LogP contribution in [0.1, 0.15) is 0 Å². The fourth-order valence-electron chi connectivity index (χ4n) is 4.03. The minimum atomic E-state index is -0.348. The molecule has 0 spiro atoms. The van der Waals surface area contributed by atoms with Gasteiger partial charge in [-0.1, -0.05) is 76.6 Å². The van der Waals surface area contributed by atoms with Gasteiger partial charge in [0.15, 0.2) is 0 Å². The highest BCUT2D eigenvalue weighted by Crippen LogP contribution is 2.38. The summed E-state index contributed by atoms with van der Waals surface area (Å²) in [4.78, 5) is 13.4. The van der Waals surface area contributed by atoms with Crippen LogP contribution in [0.15, 0.2) is 120 Å². The van der Waals surface area contributed by atoms with Crippen LogP contribution in [0.3, 0.4) is 0 Å². The minimum absolute atomic E-state index is 0.0755. The van der Waals surface area contributed by atoms with E-state index in [-0.39, 0.29) is 10.6 Å². The fourth-order valence-corrected chi connectivity index (χ4v) is 4.38. The third-order valence-corrected chi connectivity index (χ3v) is 6.09. The molecule has 0 N–H and O–H groups in total. The molecule has 0 aliphatic heterocycles. The van der Waals surface area contributed by atoms with Gasteiger partial charge in [0.2, 0.25) is 0 Å². The second-order valence-corrected chi connectivity index (χ2v) is 8.58. The summed E-state index contributed by atoms with van der Waals surface area (Å²) in [6.07, 6.45) is 0. The highest BCUT2D eigenvalue weighted by Gasteiger charge is 2.17. The molecule has 0 amide bonds. The van der Waals surface area contributed by atoms with Crippen LogP contribution in [0.5, 0.6) is 0 Å². The smallest absolute Gasteiger partial charge is 0.278 e. The van der Waals surface area contributed by atoms with Crippen molar-refractivity contribution in [2.24, 2.45) is 0 Å². The van der Waals surface area contributed by atoms with Crippen LogP contribution in [0.25, 0.3) is 21.9 Å². The van der Waals surface area contributed by atoms with Gasteiger partial charge in [0, 0.05) is 27.6 Å².